The molecule has 0 saturated carbocycles. The number of hydrogen-bond acceptors (Lipinski definition) is 4. The van der Waals surface area contributed by atoms with Crippen molar-refractivity contribution in [2.24, 2.45) is 0 Å². The maximum atomic E-state index is 5.43. The highest BCUT2D eigenvalue weighted by molar-refractivity contribution is 5.46. The van der Waals surface area contributed by atoms with E-state index in [1.54, 1.807) is 14.2 Å². The number of benzene rings is 2. The van der Waals surface area contributed by atoms with Gasteiger partial charge in [0.25, 0.3) is 0 Å². The van der Waals surface area contributed by atoms with Gasteiger partial charge in [0.05, 0.1) is 13.7 Å². The van der Waals surface area contributed by atoms with E-state index in [9.17, 15) is 0 Å². The van der Waals surface area contributed by atoms with Crippen molar-refractivity contribution in [2.75, 3.05) is 45.3 Å². The van der Waals surface area contributed by atoms with Gasteiger partial charge in [0.15, 0.2) is 0 Å². The summed E-state index contributed by atoms with van der Waals surface area (Å²) in [6.45, 7) is 5.97. The number of rotatable bonds is 6. The summed E-state index contributed by atoms with van der Waals surface area (Å²) in [6, 6.07) is 17.2. The van der Waals surface area contributed by atoms with Crippen molar-refractivity contribution in [2.45, 2.75) is 19.6 Å². The third-order valence-corrected chi connectivity index (χ3v) is 4.76. The molecule has 4 nitrogen and oxygen atoms in total. The van der Waals surface area contributed by atoms with Crippen LogP contribution in [-0.2, 0) is 17.9 Å². The van der Waals surface area contributed by atoms with E-state index in [4.69, 9.17) is 9.47 Å². The fourth-order valence-electron chi connectivity index (χ4n) is 3.48. The average molecular weight is 340 g/mol. The summed E-state index contributed by atoms with van der Waals surface area (Å²) in [5.41, 5.74) is 3.76. The van der Waals surface area contributed by atoms with Crippen LogP contribution in [0.5, 0.6) is 5.75 Å². The highest BCUT2D eigenvalue weighted by atomic mass is 16.5. The van der Waals surface area contributed by atoms with Crippen molar-refractivity contribution in [1.29, 1.82) is 0 Å². The monoisotopic (exact) mass is 340 g/mol. The van der Waals surface area contributed by atoms with Crippen LogP contribution in [0, 0.1) is 0 Å². The Hall–Kier alpha value is -2.04. The smallest absolute Gasteiger partial charge is 0.124 e. The van der Waals surface area contributed by atoms with Crippen LogP contribution < -0.4 is 9.64 Å². The molecular weight excluding hydrogens is 312 g/mol. The molecule has 2 aromatic carbocycles. The SMILES string of the molecule is COCc1cc(CN2CCCN(c3ccccc3)CC2)ccc1OC. The van der Waals surface area contributed by atoms with E-state index in [1.165, 1.54) is 17.7 Å². The molecule has 3 rings (SSSR count). The van der Waals surface area contributed by atoms with Crippen LogP contribution in [-0.4, -0.2) is 45.3 Å². The van der Waals surface area contributed by atoms with Gasteiger partial charge in [-0.2, -0.15) is 0 Å². The average Bonchev–Trinajstić information content (AvgIpc) is 2.89. The Balaban J connectivity index is 1.63. The molecule has 0 aromatic heterocycles. The van der Waals surface area contributed by atoms with Crippen LogP contribution in [0.4, 0.5) is 5.69 Å². The first-order valence-corrected chi connectivity index (χ1v) is 8.97. The summed E-state index contributed by atoms with van der Waals surface area (Å²) in [4.78, 5) is 5.03. The highest BCUT2D eigenvalue weighted by Crippen LogP contribution is 2.22. The molecule has 0 atom stereocenters. The van der Waals surface area contributed by atoms with Gasteiger partial charge >= 0.3 is 0 Å². The van der Waals surface area contributed by atoms with Crippen LogP contribution in [0.3, 0.4) is 0 Å². The fraction of sp³-hybridized carbons (Fsp3) is 0.429. The summed E-state index contributed by atoms with van der Waals surface area (Å²) in [5.74, 6) is 0.900. The van der Waals surface area contributed by atoms with Crippen molar-refractivity contribution in [1.82, 2.24) is 4.90 Å². The van der Waals surface area contributed by atoms with E-state index in [-0.39, 0.29) is 0 Å². The van der Waals surface area contributed by atoms with Crippen molar-refractivity contribution in [3.63, 3.8) is 0 Å². The molecule has 2 aromatic rings. The van der Waals surface area contributed by atoms with E-state index >= 15 is 0 Å². The van der Waals surface area contributed by atoms with Gasteiger partial charge in [0.1, 0.15) is 5.75 Å². The Morgan fingerprint density at radius 2 is 1.76 bits per heavy atom. The fourth-order valence-corrected chi connectivity index (χ4v) is 3.48. The number of para-hydroxylation sites is 1. The topological polar surface area (TPSA) is 24.9 Å². The van der Waals surface area contributed by atoms with E-state index < -0.39 is 0 Å². The third-order valence-electron chi connectivity index (χ3n) is 4.76. The molecular formula is C21H28N2O2. The molecule has 0 amide bonds. The maximum Gasteiger partial charge on any atom is 0.124 e. The molecule has 134 valence electrons. The molecule has 1 aliphatic rings. The Morgan fingerprint density at radius 3 is 2.52 bits per heavy atom. The molecule has 1 heterocycles. The minimum absolute atomic E-state index is 0.582. The zero-order valence-corrected chi connectivity index (χ0v) is 15.3. The van der Waals surface area contributed by atoms with Crippen LogP contribution in [0.15, 0.2) is 48.5 Å². The molecule has 0 unspecified atom stereocenters. The van der Waals surface area contributed by atoms with E-state index in [0.29, 0.717) is 6.61 Å². The van der Waals surface area contributed by atoms with Crippen LogP contribution in [0.25, 0.3) is 0 Å². The lowest BCUT2D eigenvalue weighted by Crippen LogP contribution is -2.30. The Bertz CT molecular complexity index is 660. The largest absolute Gasteiger partial charge is 0.496 e. The number of ether oxygens (including phenoxy) is 2. The third kappa shape index (κ3) is 4.74. The van der Waals surface area contributed by atoms with E-state index in [0.717, 1.165) is 44.0 Å². The minimum Gasteiger partial charge on any atom is -0.496 e. The summed E-state index contributed by atoms with van der Waals surface area (Å²) in [5, 5.41) is 0. The lowest BCUT2D eigenvalue weighted by molar-refractivity contribution is 0.181. The predicted octanol–water partition coefficient (Wildman–Crippen LogP) is 3.55. The molecule has 0 N–H and O–H groups in total. The lowest BCUT2D eigenvalue weighted by atomic mass is 10.1. The van der Waals surface area contributed by atoms with Gasteiger partial charge in [-0.1, -0.05) is 24.3 Å². The Labute approximate surface area is 151 Å². The quantitative estimate of drug-likeness (QED) is 0.803. The van der Waals surface area contributed by atoms with Gasteiger partial charge in [-0.3, -0.25) is 4.90 Å². The molecule has 1 fully saturated rings. The first-order chi connectivity index (χ1) is 12.3. The zero-order valence-electron chi connectivity index (χ0n) is 15.3. The summed E-state index contributed by atoms with van der Waals surface area (Å²) < 4.78 is 10.7. The van der Waals surface area contributed by atoms with Gasteiger partial charge in [-0.25, -0.2) is 0 Å². The molecule has 1 saturated heterocycles. The zero-order chi connectivity index (χ0) is 17.5. The molecule has 1 aliphatic heterocycles. The van der Waals surface area contributed by atoms with Crippen LogP contribution in [0.1, 0.15) is 17.5 Å². The number of anilines is 1. The molecule has 0 aliphatic carbocycles. The molecule has 25 heavy (non-hydrogen) atoms. The van der Waals surface area contributed by atoms with Gasteiger partial charge in [0.2, 0.25) is 0 Å². The summed E-state index contributed by atoms with van der Waals surface area (Å²) in [7, 11) is 3.43. The van der Waals surface area contributed by atoms with Gasteiger partial charge in [-0.05, 0) is 36.2 Å². The van der Waals surface area contributed by atoms with Gasteiger partial charge < -0.3 is 14.4 Å². The first-order valence-electron chi connectivity index (χ1n) is 8.97. The second-order valence-electron chi connectivity index (χ2n) is 6.53. The van der Waals surface area contributed by atoms with Crippen molar-refractivity contribution < 1.29 is 9.47 Å². The molecule has 4 heteroatoms. The lowest BCUT2D eigenvalue weighted by Gasteiger charge is -2.24. The summed E-state index contributed by atoms with van der Waals surface area (Å²) >= 11 is 0. The molecule has 0 radical (unpaired) electrons. The standard InChI is InChI=1S/C21H28N2O2/c1-24-17-19-15-18(9-10-21(19)25-2)16-22-11-6-12-23(14-13-22)20-7-4-3-5-8-20/h3-5,7-10,15H,6,11-14,16-17H2,1-2H3. The van der Waals surface area contributed by atoms with Gasteiger partial charge in [0, 0.05) is 51.1 Å². The number of hydrogen-bond donors (Lipinski definition) is 0. The second kappa shape index (κ2) is 8.88. The summed E-state index contributed by atoms with van der Waals surface area (Å²) in [6.07, 6.45) is 1.19. The van der Waals surface area contributed by atoms with Gasteiger partial charge in [-0.15, -0.1) is 0 Å². The molecule has 0 bridgehead atoms. The van der Waals surface area contributed by atoms with Crippen molar-refractivity contribution in [3.05, 3.63) is 59.7 Å². The normalized spacial score (nSPS) is 15.8. The van der Waals surface area contributed by atoms with E-state index in [2.05, 4.69) is 58.3 Å². The Morgan fingerprint density at radius 1 is 0.920 bits per heavy atom. The van der Waals surface area contributed by atoms with Crippen LogP contribution in [0.2, 0.25) is 0 Å². The second-order valence-corrected chi connectivity index (χ2v) is 6.53. The maximum absolute atomic E-state index is 5.43. The van der Waals surface area contributed by atoms with Crippen molar-refractivity contribution >= 4 is 5.69 Å². The predicted molar refractivity (Wildman–Crippen MR) is 102 cm³/mol. The number of methoxy groups -OCH3 is 2. The number of nitrogens with zero attached hydrogens (tertiary/aromatic N) is 2. The molecule has 0 spiro atoms. The van der Waals surface area contributed by atoms with E-state index in [1.807, 2.05) is 0 Å². The minimum atomic E-state index is 0.582. The van der Waals surface area contributed by atoms with Crippen LogP contribution >= 0.6 is 0 Å². The first kappa shape index (κ1) is 17.8. The van der Waals surface area contributed by atoms with Crippen molar-refractivity contribution in [3.8, 4) is 5.75 Å². The highest BCUT2D eigenvalue weighted by Gasteiger charge is 2.16. The Kier molecular flexibility index (Phi) is 6.31.